The van der Waals surface area contributed by atoms with Gasteiger partial charge in [-0.3, -0.25) is 14.4 Å². The number of hydrogen-bond donors (Lipinski definition) is 1. The molecule has 0 aromatic heterocycles. The van der Waals surface area contributed by atoms with Crippen LogP contribution in [0.5, 0.6) is 0 Å². The van der Waals surface area contributed by atoms with E-state index in [-0.39, 0.29) is 35.9 Å². The van der Waals surface area contributed by atoms with Crippen LogP contribution in [0.4, 0.5) is 4.39 Å². The van der Waals surface area contributed by atoms with E-state index < -0.39 is 33.7 Å². The van der Waals surface area contributed by atoms with Crippen molar-refractivity contribution in [3.63, 3.8) is 0 Å². The normalized spacial score (nSPS) is 14.9. The molecule has 35 heavy (non-hydrogen) atoms. The average molecular weight is 504 g/mol. The molecule has 8 nitrogen and oxygen atoms in total. The smallest absolute Gasteiger partial charge is 0.269 e. The second-order valence-electron chi connectivity index (χ2n) is 8.35. The van der Waals surface area contributed by atoms with Crippen LogP contribution >= 0.6 is 0 Å². The highest BCUT2D eigenvalue weighted by Crippen LogP contribution is 2.30. The molecule has 2 aromatic rings. The molecule has 0 saturated carbocycles. The number of amides is 3. The zero-order chi connectivity index (χ0) is 25.6. The first kappa shape index (κ1) is 26.3. The summed E-state index contributed by atoms with van der Waals surface area (Å²) in [7, 11) is -4.05. The van der Waals surface area contributed by atoms with E-state index in [0.717, 1.165) is 12.8 Å². The van der Waals surface area contributed by atoms with Crippen molar-refractivity contribution in [2.45, 2.75) is 57.0 Å². The zero-order valence-corrected chi connectivity index (χ0v) is 20.7. The molecule has 1 atom stereocenters. The van der Waals surface area contributed by atoms with Gasteiger partial charge in [0, 0.05) is 26.1 Å². The Morgan fingerprint density at radius 1 is 1.09 bits per heavy atom. The first-order chi connectivity index (χ1) is 16.7. The van der Waals surface area contributed by atoms with E-state index in [4.69, 9.17) is 0 Å². The predicted octanol–water partition coefficient (Wildman–Crippen LogP) is 3.08. The summed E-state index contributed by atoms with van der Waals surface area (Å²) in [5.74, 6) is -1.89. The number of benzene rings is 2. The van der Waals surface area contributed by atoms with Crippen molar-refractivity contribution in [2.24, 2.45) is 0 Å². The third-order valence-corrected chi connectivity index (χ3v) is 7.76. The van der Waals surface area contributed by atoms with Crippen molar-refractivity contribution < 1.29 is 27.2 Å². The highest BCUT2D eigenvalue weighted by molar-refractivity contribution is 7.90. The molecule has 0 radical (unpaired) electrons. The summed E-state index contributed by atoms with van der Waals surface area (Å²) in [4.78, 5) is 40.2. The number of sulfonamides is 1. The molecular formula is C25H30FN3O5S. The van der Waals surface area contributed by atoms with Crippen molar-refractivity contribution in [3.8, 4) is 0 Å². The van der Waals surface area contributed by atoms with Gasteiger partial charge >= 0.3 is 0 Å². The standard InChI is InChI=1S/C25H30FN3O5S/c1-3-5-15-27-24(31)21(4-2)28(17-18-10-12-19(26)13-11-18)23(30)14-16-29-25(32)20-8-6-7-9-22(20)35(29,33)34/h6-13,21H,3-5,14-17H2,1-2H3,(H,27,31)/t21-/m1/s1. The number of carbonyl (C=O) groups excluding carboxylic acids is 3. The predicted molar refractivity (Wildman–Crippen MR) is 128 cm³/mol. The number of halogens is 1. The lowest BCUT2D eigenvalue weighted by Gasteiger charge is -2.31. The SMILES string of the molecule is CCCCNC(=O)[C@@H](CC)N(Cc1ccc(F)cc1)C(=O)CCN1C(=O)c2ccccc2S1(=O)=O. The van der Waals surface area contributed by atoms with Gasteiger partial charge in [-0.2, -0.15) is 0 Å². The van der Waals surface area contributed by atoms with Crippen LogP contribution in [0.1, 0.15) is 55.5 Å². The lowest BCUT2D eigenvalue weighted by Crippen LogP contribution is -2.49. The molecule has 1 aliphatic rings. The van der Waals surface area contributed by atoms with Crippen molar-refractivity contribution in [1.82, 2.24) is 14.5 Å². The fourth-order valence-corrected chi connectivity index (χ4v) is 5.57. The van der Waals surface area contributed by atoms with Crippen LogP contribution in [-0.4, -0.2) is 54.5 Å². The first-order valence-corrected chi connectivity index (χ1v) is 13.1. The van der Waals surface area contributed by atoms with E-state index >= 15 is 0 Å². The van der Waals surface area contributed by atoms with E-state index in [1.54, 1.807) is 13.0 Å². The van der Waals surface area contributed by atoms with Gasteiger partial charge in [0.2, 0.25) is 11.8 Å². The maximum absolute atomic E-state index is 13.4. The molecule has 0 bridgehead atoms. The van der Waals surface area contributed by atoms with Crippen LogP contribution < -0.4 is 5.32 Å². The largest absolute Gasteiger partial charge is 0.354 e. The fourth-order valence-electron chi connectivity index (χ4n) is 4.01. The lowest BCUT2D eigenvalue weighted by atomic mass is 10.1. The number of unbranched alkanes of at least 4 members (excludes halogenated alkanes) is 1. The molecule has 0 unspecified atom stereocenters. The Labute approximate surface area is 205 Å². The Hall–Kier alpha value is -3.27. The van der Waals surface area contributed by atoms with E-state index in [1.165, 1.54) is 47.4 Å². The lowest BCUT2D eigenvalue weighted by molar-refractivity contribution is -0.141. The second-order valence-corrected chi connectivity index (χ2v) is 10.2. The summed E-state index contributed by atoms with van der Waals surface area (Å²) < 4.78 is 39.7. The molecule has 1 N–H and O–H groups in total. The molecule has 10 heteroatoms. The van der Waals surface area contributed by atoms with Crippen molar-refractivity contribution in [1.29, 1.82) is 0 Å². The van der Waals surface area contributed by atoms with Gasteiger partial charge in [-0.05, 0) is 42.7 Å². The van der Waals surface area contributed by atoms with Crippen molar-refractivity contribution in [3.05, 3.63) is 65.5 Å². The van der Waals surface area contributed by atoms with Crippen LogP contribution in [0, 0.1) is 5.82 Å². The summed E-state index contributed by atoms with van der Waals surface area (Å²) in [6, 6.07) is 10.7. The molecule has 3 amide bonds. The van der Waals surface area contributed by atoms with E-state index in [1.807, 2.05) is 6.92 Å². The third kappa shape index (κ3) is 5.87. The number of fused-ring (bicyclic) bond motifs is 1. The highest BCUT2D eigenvalue weighted by atomic mass is 32.2. The molecule has 1 aliphatic heterocycles. The molecule has 0 aliphatic carbocycles. The van der Waals surface area contributed by atoms with Crippen LogP contribution in [0.2, 0.25) is 0 Å². The molecule has 3 rings (SSSR count). The van der Waals surface area contributed by atoms with Crippen LogP contribution in [0.25, 0.3) is 0 Å². The van der Waals surface area contributed by atoms with Crippen molar-refractivity contribution in [2.75, 3.05) is 13.1 Å². The molecular weight excluding hydrogens is 473 g/mol. The van der Waals surface area contributed by atoms with Crippen LogP contribution in [-0.2, 0) is 26.2 Å². The molecule has 0 fully saturated rings. The topological polar surface area (TPSA) is 104 Å². The summed E-state index contributed by atoms with van der Waals surface area (Å²) in [6.45, 7) is 3.95. The van der Waals surface area contributed by atoms with E-state index in [2.05, 4.69) is 5.32 Å². The number of carbonyl (C=O) groups is 3. The molecule has 0 saturated heterocycles. The molecule has 2 aromatic carbocycles. The minimum Gasteiger partial charge on any atom is -0.354 e. The minimum atomic E-state index is -4.05. The Morgan fingerprint density at radius 3 is 2.40 bits per heavy atom. The molecule has 0 spiro atoms. The van der Waals surface area contributed by atoms with Crippen molar-refractivity contribution >= 4 is 27.7 Å². The summed E-state index contributed by atoms with van der Waals surface area (Å²) in [5, 5.41) is 2.84. The maximum Gasteiger partial charge on any atom is 0.269 e. The summed E-state index contributed by atoms with van der Waals surface area (Å²) in [6.07, 6.45) is 1.73. The van der Waals surface area contributed by atoms with Gasteiger partial charge in [-0.15, -0.1) is 0 Å². The van der Waals surface area contributed by atoms with Gasteiger partial charge in [0.15, 0.2) is 0 Å². The summed E-state index contributed by atoms with van der Waals surface area (Å²) >= 11 is 0. The van der Waals surface area contributed by atoms with Gasteiger partial charge in [0.05, 0.1) is 5.56 Å². The average Bonchev–Trinajstić information content (AvgIpc) is 3.04. The highest BCUT2D eigenvalue weighted by Gasteiger charge is 2.41. The second kappa shape index (κ2) is 11.4. The Kier molecular flexibility index (Phi) is 8.61. The van der Waals surface area contributed by atoms with E-state index in [9.17, 15) is 27.2 Å². The Morgan fingerprint density at radius 2 is 1.77 bits per heavy atom. The first-order valence-electron chi connectivity index (χ1n) is 11.7. The quantitative estimate of drug-likeness (QED) is 0.475. The summed E-state index contributed by atoms with van der Waals surface area (Å²) in [5.41, 5.74) is 0.696. The van der Waals surface area contributed by atoms with E-state index in [0.29, 0.717) is 22.8 Å². The number of rotatable bonds is 11. The van der Waals surface area contributed by atoms with Gasteiger partial charge in [0.1, 0.15) is 16.8 Å². The van der Waals surface area contributed by atoms with Crippen LogP contribution in [0.3, 0.4) is 0 Å². The van der Waals surface area contributed by atoms with Gasteiger partial charge in [-0.1, -0.05) is 44.5 Å². The molecule has 1 heterocycles. The monoisotopic (exact) mass is 503 g/mol. The maximum atomic E-state index is 13.4. The number of nitrogens with one attached hydrogen (secondary N) is 1. The fraction of sp³-hybridized carbons (Fsp3) is 0.400. The Bertz CT molecular complexity index is 1180. The van der Waals surface area contributed by atoms with Gasteiger partial charge in [0.25, 0.3) is 15.9 Å². The van der Waals surface area contributed by atoms with Crippen LogP contribution in [0.15, 0.2) is 53.4 Å². The minimum absolute atomic E-state index is 0.0414. The zero-order valence-electron chi connectivity index (χ0n) is 19.9. The Balaban J connectivity index is 1.80. The van der Waals surface area contributed by atoms with Gasteiger partial charge in [-0.25, -0.2) is 17.1 Å². The number of hydrogen-bond acceptors (Lipinski definition) is 5. The molecule has 188 valence electrons. The number of nitrogens with zero attached hydrogens (tertiary/aromatic N) is 2. The van der Waals surface area contributed by atoms with Gasteiger partial charge < -0.3 is 10.2 Å². The third-order valence-electron chi connectivity index (χ3n) is 5.92.